The van der Waals surface area contributed by atoms with Crippen molar-refractivity contribution in [3.05, 3.63) is 23.8 Å². The van der Waals surface area contributed by atoms with Crippen LogP contribution in [-0.2, 0) is 4.74 Å². The molecular formula is C13H20O3. The zero-order valence-corrected chi connectivity index (χ0v) is 10.4. The van der Waals surface area contributed by atoms with Gasteiger partial charge in [0.2, 0.25) is 0 Å². The van der Waals surface area contributed by atoms with Crippen LogP contribution in [0.5, 0.6) is 11.5 Å². The molecular weight excluding hydrogens is 204 g/mol. The van der Waals surface area contributed by atoms with Crippen LogP contribution in [0.1, 0.15) is 25.8 Å². The number of rotatable bonds is 5. The van der Waals surface area contributed by atoms with Crippen LogP contribution in [0.2, 0.25) is 0 Å². The predicted molar refractivity (Wildman–Crippen MR) is 64.0 cm³/mol. The van der Waals surface area contributed by atoms with Gasteiger partial charge in [0.05, 0.1) is 12.2 Å². The molecule has 0 heterocycles. The smallest absolute Gasteiger partial charge is 0.125 e. The molecule has 1 aromatic carbocycles. The maximum absolute atomic E-state index is 9.50. The Kier molecular flexibility index (Phi) is 4.19. The number of hydrogen-bond acceptors (Lipinski definition) is 3. The Bertz CT molecular complexity index is 345. The number of ether oxygens (including phenoxy) is 2. The lowest BCUT2D eigenvalue weighted by molar-refractivity contribution is 0.00539. The molecule has 0 aliphatic rings. The minimum Gasteiger partial charge on any atom is -0.508 e. The number of phenolic OH excluding ortho intramolecular Hbond substituents is 1. The normalized spacial score (nSPS) is 11.5. The molecule has 0 spiro atoms. The molecule has 16 heavy (non-hydrogen) atoms. The fourth-order valence-corrected chi connectivity index (χ4v) is 1.27. The van der Waals surface area contributed by atoms with Gasteiger partial charge in [-0.1, -0.05) is 6.07 Å². The van der Waals surface area contributed by atoms with Gasteiger partial charge in [-0.3, -0.25) is 0 Å². The van der Waals surface area contributed by atoms with Gasteiger partial charge in [-0.05, 0) is 32.9 Å². The molecule has 0 radical (unpaired) electrons. The van der Waals surface area contributed by atoms with E-state index in [2.05, 4.69) is 0 Å². The van der Waals surface area contributed by atoms with Crippen molar-refractivity contribution in [3.8, 4) is 11.5 Å². The van der Waals surface area contributed by atoms with Gasteiger partial charge in [0.15, 0.2) is 0 Å². The minimum atomic E-state index is -0.176. The van der Waals surface area contributed by atoms with Gasteiger partial charge >= 0.3 is 0 Å². The van der Waals surface area contributed by atoms with Gasteiger partial charge in [-0.2, -0.15) is 0 Å². The van der Waals surface area contributed by atoms with Gasteiger partial charge in [0.25, 0.3) is 0 Å². The molecule has 0 saturated carbocycles. The van der Waals surface area contributed by atoms with Crippen LogP contribution in [0.3, 0.4) is 0 Å². The average Bonchev–Trinajstić information content (AvgIpc) is 2.24. The summed E-state index contributed by atoms with van der Waals surface area (Å²) in [6.07, 6.45) is 0.804. The van der Waals surface area contributed by atoms with Crippen LogP contribution in [0, 0.1) is 6.92 Å². The van der Waals surface area contributed by atoms with E-state index in [0.29, 0.717) is 6.61 Å². The van der Waals surface area contributed by atoms with Crippen molar-refractivity contribution in [1.29, 1.82) is 0 Å². The summed E-state index contributed by atoms with van der Waals surface area (Å²) in [7, 11) is 1.69. The van der Waals surface area contributed by atoms with Gasteiger partial charge in [-0.15, -0.1) is 0 Å². The number of hydrogen-bond donors (Lipinski definition) is 1. The number of benzene rings is 1. The van der Waals surface area contributed by atoms with E-state index in [1.165, 1.54) is 0 Å². The van der Waals surface area contributed by atoms with E-state index >= 15 is 0 Å². The summed E-state index contributed by atoms with van der Waals surface area (Å²) in [4.78, 5) is 0. The molecule has 0 aromatic heterocycles. The van der Waals surface area contributed by atoms with E-state index in [4.69, 9.17) is 9.47 Å². The summed E-state index contributed by atoms with van der Waals surface area (Å²) in [6, 6.07) is 5.29. The summed E-state index contributed by atoms with van der Waals surface area (Å²) < 4.78 is 10.9. The highest BCUT2D eigenvalue weighted by Gasteiger charge is 2.16. The van der Waals surface area contributed by atoms with Gasteiger partial charge in [0, 0.05) is 19.1 Å². The highest BCUT2D eigenvalue weighted by molar-refractivity contribution is 5.42. The summed E-state index contributed by atoms with van der Waals surface area (Å²) >= 11 is 0. The Morgan fingerprint density at radius 3 is 2.62 bits per heavy atom. The molecule has 0 bridgehead atoms. The van der Waals surface area contributed by atoms with Gasteiger partial charge in [-0.25, -0.2) is 0 Å². The monoisotopic (exact) mass is 224 g/mol. The Hall–Kier alpha value is -1.22. The standard InChI is InChI=1S/C13H20O3/c1-10-11(14)6-5-7-12(10)16-9-8-13(2,3)15-4/h5-7,14H,8-9H2,1-4H3. The second kappa shape index (κ2) is 5.21. The summed E-state index contributed by atoms with van der Waals surface area (Å²) in [5.74, 6) is 0.996. The quantitative estimate of drug-likeness (QED) is 0.835. The van der Waals surface area contributed by atoms with Crippen molar-refractivity contribution < 1.29 is 14.6 Å². The van der Waals surface area contributed by atoms with Crippen molar-refractivity contribution in [1.82, 2.24) is 0 Å². The largest absolute Gasteiger partial charge is 0.508 e. The number of phenols is 1. The van der Waals surface area contributed by atoms with Gasteiger partial charge in [0.1, 0.15) is 11.5 Å². The van der Waals surface area contributed by atoms with Crippen molar-refractivity contribution >= 4 is 0 Å². The predicted octanol–water partition coefficient (Wildman–Crippen LogP) is 2.89. The SMILES string of the molecule is COC(C)(C)CCOc1cccc(O)c1C. The molecule has 0 fully saturated rings. The zero-order valence-electron chi connectivity index (χ0n) is 10.4. The molecule has 3 nitrogen and oxygen atoms in total. The lowest BCUT2D eigenvalue weighted by Gasteiger charge is -2.22. The molecule has 3 heteroatoms. The highest BCUT2D eigenvalue weighted by atomic mass is 16.5. The second-order valence-corrected chi connectivity index (χ2v) is 4.46. The van der Waals surface area contributed by atoms with Crippen molar-refractivity contribution in [2.45, 2.75) is 32.8 Å². The first-order valence-electron chi connectivity index (χ1n) is 5.43. The molecule has 1 aromatic rings. The Morgan fingerprint density at radius 2 is 2.00 bits per heavy atom. The van der Waals surface area contributed by atoms with Crippen molar-refractivity contribution in [3.63, 3.8) is 0 Å². The third-order valence-electron chi connectivity index (χ3n) is 2.77. The minimum absolute atomic E-state index is 0.176. The van der Waals surface area contributed by atoms with Crippen LogP contribution in [0.15, 0.2) is 18.2 Å². The van der Waals surface area contributed by atoms with Crippen LogP contribution < -0.4 is 4.74 Å². The van der Waals surface area contributed by atoms with Crippen LogP contribution in [-0.4, -0.2) is 24.4 Å². The molecule has 0 aliphatic carbocycles. The molecule has 0 amide bonds. The summed E-state index contributed by atoms with van der Waals surface area (Å²) in [5.41, 5.74) is 0.600. The maximum atomic E-state index is 9.50. The third-order valence-corrected chi connectivity index (χ3v) is 2.77. The average molecular weight is 224 g/mol. The Balaban J connectivity index is 2.53. The summed E-state index contributed by atoms with van der Waals surface area (Å²) in [6.45, 7) is 6.45. The van der Waals surface area contributed by atoms with E-state index in [1.54, 1.807) is 19.2 Å². The lowest BCUT2D eigenvalue weighted by atomic mass is 10.1. The first-order valence-corrected chi connectivity index (χ1v) is 5.43. The van der Waals surface area contributed by atoms with E-state index in [9.17, 15) is 5.11 Å². The van der Waals surface area contributed by atoms with E-state index in [1.807, 2.05) is 26.8 Å². The molecule has 0 saturated heterocycles. The van der Waals surface area contributed by atoms with Crippen LogP contribution in [0.4, 0.5) is 0 Å². The lowest BCUT2D eigenvalue weighted by Crippen LogP contribution is -2.25. The Labute approximate surface area is 97.0 Å². The fraction of sp³-hybridized carbons (Fsp3) is 0.538. The second-order valence-electron chi connectivity index (χ2n) is 4.46. The van der Waals surface area contributed by atoms with E-state index < -0.39 is 0 Å². The number of aromatic hydroxyl groups is 1. The van der Waals surface area contributed by atoms with Crippen LogP contribution in [0.25, 0.3) is 0 Å². The van der Waals surface area contributed by atoms with Gasteiger partial charge < -0.3 is 14.6 Å². The topological polar surface area (TPSA) is 38.7 Å². The van der Waals surface area contributed by atoms with E-state index in [0.717, 1.165) is 17.7 Å². The molecule has 1 N–H and O–H groups in total. The Morgan fingerprint density at radius 1 is 1.31 bits per heavy atom. The van der Waals surface area contributed by atoms with E-state index in [-0.39, 0.29) is 11.4 Å². The third kappa shape index (κ3) is 3.42. The zero-order chi connectivity index (χ0) is 12.2. The van der Waals surface area contributed by atoms with Crippen molar-refractivity contribution in [2.75, 3.05) is 13.7 Å². The molecule has 90 valence electrons. The van der Waals surface area contributed by atoms with Crippen molar-refractivity contribution in [2.24, 2.45) is 0 Å². The van der Waals surface area contributed by atoms with Crippen LogP contribution >= 0.6 is 0 Å². The number of methoxy groups -OCH3 is 1. The fourth-order valence-electron chi connectivity index (χ4n) is 1.27. The molecule has 0 unspecified atom stereocenters. The molecule has 0 atom stereocenters. The molecule has 1 rings (SSSR count). The summed E-state index contributed by atoms with van der Waals surface area (Å²) in [5, 5.41) is 9.50. The first kappa shape index (κ1) is 12.8. The first-order chi connectivity index (χ1) is 7.46. The highest BCUT2D eigenvalue weighted by Crippen LogP contribution is 2.26. The molecule has 0 aliphatic heterocycles. The maximum Gasteiger partial charge on any atom is 0.125 e.